The van der Waals surface area contributed by atoms with Crippen molar-refractivity contribution in [3.05, 3.63) is 12.2 Å². The molecule has 0 saturated heterocycles. The van der Waals surface area contributed by atoms with Gasteiger partial charge < -0.3 is 0 Å². The van der Waals surface area contributed by atoms with Gasteiger partial charge >= 0.3 is 0 Å². The molecule has 0 N–H and O–H groups in total. The van der Waals surface area contributed by atoms with Crippen molar-refractivity contribution in [2.45, 2.75) is 59.8 Å². The maximum Gasteiger partial charge on any atom is 0.158 e. The minimum absolute atomic E-state index is 0.213. The van der Waals surface area contributed by atoms with E-state index < -0.39 is 0 Å². The van der Waals surface area contributed by atoms with Crippen molar-refractivity contribution < 1.29 is 4.79 Å². The summed E-state index contributed by atoms with van der Waals surface area (Å²) in [5.74, 6) is 2.91. The second-order valence-electron chi connectivity index (χ2n) is 5.53. The van der Waals surface area contributed by atoms with Crippen LogP contribution in [0.1, 0.15) is 59.8 Å². The molecule has 1 heteroatoms. The van der Waals surface area contributed by atoms with Gasteiger partial charge in [-0.05, 0) is 30.3 Å². The molecule has 0 bridgehead atoms. The summed E-state index contributed by atoms with van der Waals surface area (Å²) >= 11 is 0. The number of rotatable bonds is 8. The van der Waals surface area contributed by atoms with E-state index in [1.165, 1.54) is 25.7 Å². The Morgan fingerprint density at radius 2 is 1.76 bits per heavy atom. The van der Waals surface area contributed by atoms with E-state index in [2.05, 4.69) is 33.8 Å². The molecule has 0 aromatic rings. The van der Waals surface area contributed by atoms with Gasteiger partial charge in [0.2, 0.25) is 0 Å². The number of hydrogen-bond donors (Lipinski definition) is 0. The van der Waals surface area contributed by atoms with Crippen LogP contribution >= 0.6 is 0 Å². The van der Waals surface area contributed by atoms with E-state index in [1.54, 1.807) is 0 Å². The molecule has 98 valence electrons. The Labute approximate surface area is 107 Å². The van der Waals surface area contributed by atoms with Gasteiger partial charge in [-0.15, -0.1) is 0 Å². The number of ketones is 1. The molecule has 0 amide bonds. The number of carbonyl (C=O) groups excluding carboxylic acids is 1. The van der Waals surface area contributed by atoms with Crippen LogP contribution in [0.3, 0.4) is 0 Å². The second-order valence-corrected chi connectivity index (χ2v) is 5.53. The summed E-state index contributed by atoms with van der Waals surface area (Å²) < 4.78 is 0. The van der Waals surface area contributed by atoms with E-state index in [9.17, 15) is 4.79 Å². The molecule has 0 aromatic carbocycles. The highest BCUT2D eigenvalue weighted by atomic mass is 16.1. The molecular formula is C16H28O. The summed E-state index contributed by atoms with van der Waals surface area (Å²) in [7, 11) is 0. The standard InChI is InChI=1S/C16H28O/c1-5-8-9-12(4)16(17)11-10-15-13(6-2)14(15)7-3/h10-15H,5-9H2,1-4H3/b11-10+. The lowest BCUT2D eigenvalue weighted by atomic mass is 9.99. The van der Waals surface area contributed by atoms with Crippen molar-refractivity contribution in [3.63, 3.8) is 0 Å². The van der Waals surface area contributed by atoms with E-state index in [0.717, 1.165) is 18.3 Å². The fraction of sp³-hybridized carbons (Fsp3) is 0.812. The van der Waals surface area contributed by atoms with Crippen LogP contribution in [-0.4, -0.2) is 5.78 Å². The van der Waals surface area contributed by atoms with E-state index in [4.69, 9.17) is 0 Å². The molecule has 3 atom stereocenters. The molecule has 0 spiro atoms. The monoisotopic (exact) mass is 236 g/mol. The third-order valence-electron chi connectivity index (χ3n) is 4.30. The van der Waals surface area contributed by atoms with Crippen LogP contribution in [0.2, 0.25) is 0 Å². The zero-order valence-electron chi connectivity index (χ0n) is 11.9. The normalized spacial score (nSPS) is 29.5. The van der Waals surface area contributed by atoms with Gasteiger partial charge in [-0.1, -0.05) is 59.5 Å². The highest BCUT2D eigenvalue weighted by Gasteiger charge is 2.44. The van der Waals surface area contributed by atoms with Gasteiger partial charge in [0, 0.05) is 5.92 Å². The molecule has 0 aromatic heterocycles. The lowest BCUT2D eigenvalue weighted by Crippen LogP contribution is -2.07. The van der Waals surface area contributed by atoms with E-state index in [-0.39, 0.29) is 5.92 Å². The highest BCUT2D eigenvalue weighted by Crippen LogP contribution is 2.51. The van der Waals surface area contributed by atoms with Crippen molar-refractivity contribution in [2.24, 2.45) is 23.7 Å². The predicted octanol–water partition coefficient (Wildman–Crippen LogP) is 4.62. The summed E-state index contributed by atoms with van der Waals surface area (Å²) in [6.07, 6.45) is 9.95. The first-order valence-electron chi connectivity index (χ1n) is 7.37. The first-order valence-corrected chi connectivity index (χ1v) is 7.37. The van der Waals surface area contributed by atoms with Gasteiger partial charge in [-0.25, -0.2) is 0 Å². The summed E-state index contributed by atoms with van der Waals surface area (Å²) in [5, 5.41) is 0. The van der Waals surface area contributed by atoms with Crippen molar-refractivity contribution in [3.8, 4) is 0 Å². The molecular weight excluding hydrogens is 208 g/mol. The molecule has 0 radical (unpaired) electrons. The van der Waals surface area contributed by atoms with Gasteiger partial charge in [0.05, 0.1) is 0 Å². The summed E-state index contributed by atoms with van der Waals surface area (Å²) in [5.41, 5.74) is 0. The Morgan fingerprint density at radius 1 is 1.18 bits per heavy atom. The molecule has 0 heterocycles. The lowest BCUT2D eigenvalue weighted by Gasteiger charge is -2.05. The maximum atomic E-state index is 11.9. The van der Waals surface area contributed by atoms with Crippen LogP contribution in [0.5, 0.6) is 0 Å². The average molecular weight is 236 g/mol. The topological polar surface area (TPSA) is 17.1 Å². The van der Waals surface area contributed by atoms with Crippen LogP contribution in [0, 0.1) is 23.7 Å². The van der Waals surface area contributed by atoms with Crippen LogP contribution in [0.15, 0.2) is 12.2 Å². The van der Waals surface area contributed by atoms with Crippen molar-refractivity contribution in [1.82, 2.24) is 0 Å². The summed E-state index contributed by atoms with van der Waals surface area (Å²) in [6, 6.07) is 0. The van der Waals surface area contributed by atoms with Gasteiger partial charge in [0.25, 0.3) is 0 Å². The second kappa shape index (κ2) is 6.98. The Hall–Kier alpha value is -0.590. The van der Waals surface area contributed by atoms with Crippen LogP contribution in [0.4, 0.5) is 0 Å². The lowest BCUT2D eigenvalue weighted by molar-refractivity contribution is -0.117. The van der Waals surface area contributed by atoms with Gasteiger partial charge in [-0.3, -0.25) is 4.79 Å². The molecule has 0 aliphatic heterocycles. The fourth-order valence-electron chi connectivity index (χ4n) is 2.93. The zero-order chi connectivity index (χ0) is 12.8. The molecule has 17 heavy (non-hydrogen) atoms. The predicted molar refractivity (Wildman–Crippen MR) is 73.9 cm³/mol. The Bertz CT molecular complexity index is 257. The molecule has 1 nitrogen and oxygen atoms in total. The zero-order valence-corrected chi connectivity index (χ0v) is 11.9. The Morgan fingerprint density at radius 3 is 2.24 bits per heavy atom. The van der Waals surface area contributed by atoms with Crippen molar-refractivity contribution in [2.75, 3.05) is 0 Å². The first kappa shape index (κ1) is 14.5. The Balaban J connectivity index is 2.36. The minimum Gasteiger partial charge on any atom is -0.295 e. The molecule has 1 aliphatic carbocycles. The molecule has 3 unspecified atom stereocenters. The van der Waals surface area contributed by atoms with Gasteiger partial charge in [-0.2, -0.15) is 0 Å². The highest BCUT2D eigenvalue weighted by molar-refractivity contribution is 5.91. The molecule has 1 aliphatic rings. The van der Waals surface area contributed by atoms with Crippen molar-refractivity contribution in [1.29, 1.82) is 0 Å². The van der Waals surface area contributed by atoms with Crippen LogP contribution in [-0.2, 0) is 4.79 Å². The molecule has 1 rings (SSSR count). The Kier molecular flexibility index (Phi) is 5.94. The van der Waals surface area contributed by atoms with Crippen molar-refractivity contribution >= 4 is 5.78 Å². The number of hydrogen-bond acceptors (Lipinski definition) is 1. The quantitative estimate of drug-likeness (QED) is 0.562. The fourth-order valence-corrected chi connectivity index (χ4v) is 2.93. The first-order chi connectivity index (χ1) is 8.15. The van der Waals surface area contributed by atoms with E-state index >= 15 is 0 Å². The van der Waals surface area contributed by atoms with E-state index in [0.29, 0.717) is 11.7 Å². The third kappa shape index (κ3) is 3.97. The number of carbonyl (C=O) groups is 1. The summed E-state index contributed by atoms with van der Waals surface area (Å²) in [6.45, 7) is 8.75. The smallest absolute Gasteiger partial charge is 0.158 e. The minimum atomic E-state index is 0.213. The number of allylic oxidation sites excluding steroid dienone is 2. The SMILES string of the molecule is CCCCC(C)C(=O)/C=C/C1C(CC)C1CC. The third-order valence-corrected chi connectivity index (χ3v) is 4.30. The van der Waals surface area contributed by atoms with Gasteiger partial charge in [0.15, 0.2) is 5.78 Å². The molecule has 1 fully saturated rings. The van der Waals surface area contributed by atoms with E-state index in [1.807, 2.05) is 6.08 Å². The largest absolute Gasteiger partial charge is 0.295 e. The average Bonchev–Trinajstić information content (AvgIpc) is 3.04. The van der Waals surface area contributed by atoms with Crippen LogP contribution < -0.4 is 0 Å². The maximum absolute atomic E-state index is 11.9. The van der Waals surface area contributed by atoms with Gasteiger partial charge in [0.1, 0.15) is 0 Å². The van der Waals surface area contributed by atoms with Crippen LogP contribution in [0.25, 0.3) is 0 Å². The molecule has 1 saturated carbocycles. The number of unbranched alkanes of at least 4 members (excludes halogenated alkanes) is 1. The summed E-state index contributed by atoms with van der Waals surface area (Å²) in [4.78, 5) is 11.9.